The summed E-state index contributed by atoms with van der Waals surface area (Å²) < 4.78 is 48.0. The molecule has 1 N–H and O–H groups in total. The van der Waals surface area contributed by atoms with Crippen LogP contribution in [0.15, 0.2) is 42.5 Å². The quantitative estimate of drug-likeness (QED) is 0.395. The number of carboxylic acid groups (broad SMARTS) is 1. The Morgan fingerprint density at radius 3 is 2.19 bits per heavy atom. The van der Waals surface area contributed by atoms with Crippen molar-refractivity contribution in [2.45, 2.75) is 37.5 Å². The van der Waals surface area contributed by atoms with Gasteiger partial charge in [0.15, 0.2) is 0 Å². The molecule has 13 heteroatoms. The van der Waals surface area contributed by atoms with E-state index in [0.717, 1.165) is 28.9 Å². The highest BCUT2D eigenvalue weighted by atomic mass is 19.4. The molecule has 0 saturated carbocycles. The summed E-state index contributed by atoms with van der Waals surface area (Å²) >= 11 is 0. The third-order valence-electron chi connectivity index (χ3n) is 8.17. The number of carbonyl (C=O) groups excluding carboxylic acids is 3. The number of amides is 2. The number of benzene rings is 2. The van der Waals surface area contributed by atoms with E-state index >= 15 is 0 Å². The van der Waals surface area contributed by atoms with Gasteiger partial charge in [0, 0.05) is 18.2 Å². The van der Waals surface area contributed by atoms with Crippen LogP contribution in [-0.4, -0.2) is 84.8 Å². The molecule has 0 radical (unpaired) electrons. The average molecular weight is 593 g/mol. The van der Waals surface area contributed by atoms with Crippen molar-refractivity contribution in [2.75, 3.05) is 34.4 Å². The number of imide groups is 1. The maximum absolute atomic E-state index is 13.5. The van der Waals surface area contributed by atoms with Crippen molar-refractivity contribution in [1.29, 1.82) is 0 Å². The normalized spacial score (nSPS) is 24.9. The molecule has 3 unspecified atom stereocenters. The van der Waals surface area contributed by atoms with Gasteiger partial charge in [-0.3, -0.25) is 24.2 Å². The first-order chi connectivity index (χ1) is 19.9. The van der Waals surface area contributed by atoms with Gasteiger partial charge in [0.25, 0.3) is 0 Å². The van der Waals surface area contributed by atoms with Gasteiger partial charge in [-0.25, -0.2) is 4.79 Å². The molecule has 2 amide bonds. The monoisotopic (exact) mass is 592 g/mol. The molecule has 2 aromatic rings. The number of halogens is 3. The van der Waals surface area contributed by atoms with Crippen LogP contribution in [0, 0.1) is 11.8 Å². The fourth-order valence-corrected chi connectivity index (χ4v) is 6.47. The number of likely N-dealkylation sites (tertiary alicyclic amines) is 1. The smallest absolute Gasteiger partial charge is 0.490 e. The van der Waals surface area contributed by atoms with Gasteiger partial charge in [-0.05, 0) is 55.6 Å². The first-order valence-corrected chi connectivity index (χ1v) is 13.2. The molecule has 4 atom stereocenters. The van der Waals surface area contributed by atoms with Crippen molar-refractivity contribution < 1.29 is 51.7 Å². The SMILES string of the molecule is CCN1C(=O)C2C(c3ccc(-c4ccc(OC)cc4)c(OC)c3)N3CCC[C@@]3(C(=O)OC)C2C1=O.O=C(O)C(F)(F)F. The Balaban J connectivity index is 0.000000517. The number of aliphatic carboxylic acids is 1. The molecule has 3 heterocycles. The Kier molecular flexibility index (Phi) is 8.53. The van der Waals surface area contributed by atoms with Gasteiger partial charge in [-0.2, -0.15) is 13.2 Å². The average Bonchev–Trinajstić information content (AvgIpc) is 3.60. The predicted octanol–water partition coefficient (Wildman–Crippen LogP) is 3.69. The molecule has 0 bridgehead atoms. The number of ether oxygens (including phenoxy) is 3. The summed E-state index contributed by atoms with van der Waals surface area (Å²) in [6.45, 7) is 2.69. The van der Waals surface area contributed by atoms with Gasteiger partial charge < -0.3 is 19.3 Å². The Hall–Kier alpha value is -4.13. The van der Waals surface area contributed by atoms with Crippen LogP contribution in [0.25, 0.3) is 11.1 Å². The van der Waals surface area contributed by atoms with Crippen molar-refractivity contribution >= 4 is 23.8 Å². The summed E-state index contributed by atoms with van der Waals surface area (Å²) in [6, 6.07) is 13.2. The second-order valence-corrected chi connectivity index (χ2v) is 10.1. The van der Waals surface area contributed by atoms with Gasteiger partial charge in [0.05, 0.1) is 33.2 Å². The zero-order valence-electron chi connectivity index (χ0n) is 23.4. The summed E-state index contributed by atoms with van der Waals surface area (Å²) in [5.41, 5.74) is 1.59. The number of nitrogens with zero attached hydrogens (tertiary/aromatic N) is 2. The number of hydrogen-bond acceptors (Lipinski definition) is 8. The number of methoxy groups -OCH3 is 3. The largest absolute Gasteiger partial charge is 0.497 e. The minimum Gasteiger partial charge on any atom is -0.497 e. The van der Waals surface area contributed by atoms with Crippen molar-refractivity contribution in [3.63, 3.8) is 0 Å². The molecule has 5 rings (SSSR count). The highest BCUT2D eigenvalue weighted by Gasteiger charge is 2.73. The van der Waals surface area contributed by atoms with E-state index in [1.54, 1.807) is 21.1 Å². The number of alkyl halides is 3. The molecule has 42 heavy (non-hydrogen) atoms. The second-order valence-electron chi connectivity index (χ2n) is 10.1. The third-order valence-corrected chi connectivity index (χ3v) is 8.17. The van der Waals surface area contributed by atoms with Crippen LogP contribution in [0.2, 0.25) is 0 Å². The number of esters is 1. The topological polar surface area (TPSA) is 123 Å². The molecule has 0 aromatic heterocycles. The molecular formula is C29H31F3N2O8. The lowest BCUT2D eigenvalue weighted by molar-refractivity contribution is -0.192. The van der Waals surface area contributed by atoms with E-state index in [2.05, 4.69) is 0 Å². The minimum atomic E-state index is -5.08. The lowest BCUT2D eigenvalue weighted by Crippen LogP contribution is -2.54. The minimum absolute atomic E-state index is 0.219. The third kappa shape index (κ3) is 4.95. The lowest BCUT2D eigenvalue weighted by Gasteiger charge is -2.36. The van der Waals surface area contributed by atoms with E-state index in [4.69, 9.17) is 24.1 Å². The zero-order chi connectivity index (χ0) is 31.0. The fourth-order valence-electron chi connectivity index (χ4n) is 6.47. The van der Waals surface area contributed by atoms with Crippen LogP contribution in [0.3, 0.4) is 0 Å². The number of hydrogen-bond donors (Lipinski definition) is 1. The van der Waals surface area contributed by atoms with E-state index in [1.165, 1.54) is 12.0 Å². The summed E-state index contributed by atoms with van der Waals surface area (Å²) in [5.74, 6) is -3.66. The molecule has 2 aromatic carbocycles. The molecule has 3 aliphatic heterocycles. The van der Waals surface area contributed by atoms with Crippen LogP contribution >= 0.6 is 0 Å². The van der Waals surface area contributed by atoms with Crippen LogP contribution < -0.4 is 9.47 Å². The number of carboxylic acids is 1. The predicted molar refractivity (Wildman–Crippen MR) is 141 cm³/mol. The van der Waals surface area contributed by atoms with E-state index in [1.807, 2.05) is 47.4 Å². The van der Waals surface area contributed by atoms with Gasteiger partial charge in [-0.15, -0.1) is 0 Å². The molecule has 3 aliphatic rings. The summed E-state index contributed by atoms with van der Waals surface area (Å²) in [7, 11) is 4.59. The maximum Gasteiger partial charge on any atom is 0.490 e. The van der Waals surface area contributed by atoms with E-state index < -0.39 is 41.5 Å². The first kappa shape index (κ1) is 30.8. The van der Waals surface area contributed by atoms with E-state index in [-0.39, 0.29) is 18.4 Å². The highest BCUT2D eigenvalue weighted by Crippen LogP contribution is 2.59. The fraction of sp³-hybridized carbons (Fsp3) is 0.448. The molecule has 0 aliphatic carbocycles. The van der Waals surface area contributed by atoms with Crippen molar-refractivity contribution in [2.24, 2.45) is 11.8 Å². The maximum atomic E-state index is 13.5. The lowest BCUT2D eigenvalue weighted by atomic mass is 9.77. The second kappa shape index (κ2) is 11.6. The Morgan fingerprint density at radius 2 is 1.67 bits per heavy atom. The summed E-state index contributed by atoms with van der Waals surface area (Å²) in [5, 5.41) is 7.12. The molecule has 0 spiro atoms. The number of fused-ring (bicyclic) bond motifs is 3. The van der Waals surface area contributed by atoms with Gasteiger partial charge >= 0.3 is 18.1 Å². The van der Waals surface area contributed by atoms with Gasteiger partial charge in [0.1, 0.15) is 17.0 Å². The van der Waals surface area contributed by atoms with Crippen LogP contribution in [-0.2, 0) is 23.9 Å². The zero-order valence-corrected chi connectivity index (χ0v) is 23.4. The molecule has 3 fully saturated rings. The van der Waals surface area contributed by atoms with Crippen LogP contribution in [0.5, 0.6) is 11.5 Å². The molecule has 10 nitrogen and oxygen atoms in total. The van der Waals surface area contributed by atoms with Crippen molar-refractivity contribution in [1.82, 2.24) is 9.80 Å². The molecule has 226 valence electrons. The van der Waals surface area contributed by atoms with Crippen LogP contribution in [0.4, 0.5) is 13.2 Å². The Morgan fingerprint density at radius 1 is 1.02 bits per heavy atom. The van der Waals surface area contributed by atoms with Gasteiger partial charge in [-0.1, -0.05) is 24.3 Å². The van der Waals surface area contributed by atoms with E-state index in [0.29, 0.717) is 18.7 Å². The molecular weight excluding hydrogens is 561 g/mol. The van der Waals surface area contributed by atoms with E-state index in [9.17, 15) is 27.6 Å². The summed E-state index contributed by atoms with van der Waals surface area (Å²) in [6.07, 6.45) is -3.83. The number of carbonyl (C=O) groups is 4. The van der Waals surface area contributed by atoms with Crippen molar-refractivity contribution in [3.05, 3.63) is 48.0 Å². The number of rotatable bonds is 6. The van der Waals surface area contributed by atoms with Crippen LogP contribution in [0.1, 0.15) is 31.4 Å². The highest BCUT2D eigenvalue weighted by molar-refractivity contribution is 6.09. The summed E-state index contributed by atoms with van der Waals surface area (Å²) in [4.78, 5) is 52.4. The standard InChI is InChI=1S/C27H30N2O6.C2HF3O2/c1-5-28-24(30)21-22(25(28)31)27(26(32)35-4)13-6-14-29(27)23(21)17-9-12-19(20(15-17)34-3)16-7-10-18(33-2)11-8-16;3-2(4,5)1(6)7/h7-12,15,21-23H,5-6,13-14H2,1-4H3;(H,6,7)/t21?,22?,23?,27-;/m0./s1. The van der Waals surface area contributed by atoms with Crippen molar-refractivity contribution in [3.8, 4) is 22.6 Å². The Bertz CT molecular complexity index is 1380. The molecule has 3 saturated heterocycles. The first-order valence-electron chi connectivity index (χ1n) is 13.2. The Labute approximate surface area is 239 Å². The van der Waals surface area contributed by atoms with Gasteiger partial charge in [0.2, 0.25) is 11.8 Å².